The van der Waals surface area contributed by atoms with Gasteiger partial charge < -0.3 is 0 Å². The first-order valence-corrected chi connectivity index (χ1v) is 13.0. The lowest BCUT2D eigenvalue weighted by Gasteiger charge is -2.38. The van der Waals surface area contributed by atoms with Gasteiger partial charge in [-0.2, -0.15) is 0 Å². The van der Waals surface area contributed by atoms with Crippen LogP contribution in [0.2, 0.25) is 0 Å². The summed E-state index contributed by atoms with van der Waals surface area (Å²) < 4.78 is 0. The lowest BCUT2D eigenvalue weighted by molar-refractivity contribution is 0.156. The third kappa shape index (κ3) is 7.01. The summed E-state index contributed by atoms with van der Waals surface area (Å²) >= 11 is 0. The maximum atomic E-state index is 2.58. The van der Waals surface area contributed by atoms with Gasteiger partial charge in [-0.05, 0) is 93.1 Å². The van der Waals surface area contributed by atoms with Crippen molar-refractivity contribution in [3.05, 3.63) is 47.0 Å². The van der Waals surface area contributed by atoms with Gasteiger partial charge in [-0.25, -0.2) is 0 Å². The Labute approximate surface area is 181 Å². The third-order valence-corrected chi connectivity index (χ3v) is 8.10. The van der Waals surface area contributed by atoms with Crippen molar-refractivity contribution in [3.8, 4) is 0 Å². The van der Waals surface area contributed by atoms with Crippen LogP contribution in [0.5, 0.6) is 0 Å². The van der Waals surface area contributed by atoms with Gasteiger partial charge in [0, 0.05) is 0 Å². The van der Waals surface area contributed by atoms with Crippen LogP contribution in [-0.2, 0) is 6.42 Å². The van der Waals surface area contributed by atoms with Crippen molar-refractivity contribution in [2.45, 2.75) is 129 Å². The van der Waals surface area contributed by atoms with Gasteiger partial charge in [0.2, 0.25) is 0 Å². The number of rotatable bonds is 11. The van der Waals surface area contributed by atoms with Crippen LogP contribution in [0.25, 0.3) is 0 Å². The fraction of sp³-hybridized carbons (Fsp3) is 0.724. The zero-order chi connectivity index (χ0) is 20.4. The Kier molecular flexibility index (Phi) is 9.35. The molecular weight excluding hydrogens is 348 g/mol. The second kappa shape index (κ2) is 12.0. The van der Waals surface area contributed by atoms with Crippen molar-refractivity contribution in [1.82, 2.24) is 0 Å². The maximum Gasteiger partial charge on any atom is -0.0125 e. The second-order valence-corrected chi connectivity index (χ2v) is 10.2. The molecule has 0 aliphatic heterocycles. The van der Waals surface area contributed by atoms with Gasteiger partial charge in [-0.15, -0.1) is 0 Å². The van der Waals surface area contributed by atoms with E-state index in [1.807, 2.05) is 0 Å². The minimum Gasteiger partial charge on any atom is -0.0853 e. The predicted molar refractivity (Wildman–Crippen MR) is 129 cm³/mol. The largest absolute Gasteiger partial charge is 0.0853 e. The molecule has 0 amide bonds. The molecular formula is C29H46. The van der Waals surface area contributed by atoms with E-state index in [4.69, 9.17) is 0 Å². The van der Waals surface area contributed by atoms with E-state index < -0.39 is 0 Å². The topological polar surface area (TPSA) is 0 Å². The lowest BCUT2D eigenvalue weighted by atomic mass is 9.68. The van der Waals surface area contributed by atoms with E-state index >= 15 is 0 Å². The van der Waals surface area contributed by atoms with Crippen molar-refractivity contribution in [3.63, 3.8) is 0 Å². The van der Waals surface area contributed by atoms with Gasteiger partial charge >= 0.3 is 0 Å². The Bertz CT molecular complexity index is 599. The summed E-state index contributed by atoms with van der Waals surface area (Å²) in [6.45, 7) is 4.75. The van der Waals surface area contributed by atoms with Gasteiger partial charge in [-0.1, -0.05) is 88.3 Å². The quantitative estimate of drug-likeness (QED) is 0.259. The Morgan fingerprint density at radius 2 is 1.69 bits per heavy atom. The summed E-state index contributed by atoms with van der Waals surface area (Å²) in [4.78, 5) is 0. The zero-order valence-corrected chi connectivity index (χ0v) is 19.5. The van der Waals surface area contributed by atoms with E-state index in [9.17, 15) is 0 Å². The molecule has 2 aliphatic carbocycles. The summed E-state index contributed by atoms with van der Waals surface area (Å²) in [6, 6.07) is 9.83. The van der Waals surface area contributed by atoms with Crippen LogP contribution in [0.15, 0.2) is 35.9 Å². The molecule has 0 radical (unpaired) electrons. The van der Waals surface area contributed by atoms with Crippen molar-refractivity contribution >= 4 is 0 Å². The standard InChI is InChI=1S/C29H46/c1-3-5-8-13-25-16-18-27(19-17-25)28(24-26-14-9-6-10-15-26)20-23-29(4-2)21-11-7-12-22-29/h14,16-19,28H,3-13,15,20-24H2,1-2H3. The van der Waals surface area contributed by atoms with Gasteiger partial charge in [0.15, 0.2) is 0 Å². The molecule has 2 aliphatic rings. The number of aryl methyl sites for hydroxylation is 1. The molecule has 1 atom stereocenters. The highest BCUT2D eigenvalue weighted by molar-refractivity contribution is 5.27. The minimum atomic E-state index is 0.650. The highest BCUT2D eigenvalue weighted by Gasteiger charge is 2.31. The molecule has 0 saturated heterocycles. The first-order chi connectivity index (χ1) is 14.2. The molecule has 3 rings (SSSR count). The van der Waals surface area contributed by atoms with Gasteiger partial charge in [0.1, 0.15) is 0 Å². The van der Waals surface area contributed by atoms with Crippen LogP contribution in [-0.4, -0.2) is 0 Å². The van der Waals surface area contributed by atoms with E-state index in [2.05, 4.69) is 44.2 Å². The molecule has 0 spiro atoms. The molecule has 0 heterocycles. The molecule has 1 aromatic rings. The molecule has 0 heteroatoms. The van der Waals surface area contributed by atoms with E-state index in [1.54, 1.807) is 11.1 Å². The monoisotopic (exact) mass is 394 g/mol. The number of unbranched alkanes of at least 4 members (excludes halogenated alkanes) is 2. The van der Waals surface area contributed by atoms with E-state index in [1.165, 1.54) is 115 Å². The molecule has 1 aromatic carbocycles. The molecule has 0 N–H and O–H groups in total. The Balaban J connectivity index is 1.67. The summed E-state index contributed by atoms with van der Waals surface area (Å²) in [5, 5.41) is 0. The number of hydrogen-bond acceptors (Lipinski definition) is 0. The molecule has 1 fully saturated rings. The first kappa shape index (κ1) is 22.6. The third-order valence-electron chi connectivity index (χ3n) is 8.10. The summed E-state index contributed by atoms with van der Waals surface area (Å²) in [5.74, 6) is 0.731. The fourth-order valence-electron chi connectivity index (χ4n) is 5.89. The fourth-order valence-corrected chi connectivity index (χ4v) is 5.89. The molecule has 1 unspecified atom stereocenters. The second-order valence-electron chi connectivity index (χ2n) is 10.2. The molecule has 29 heavy (non-hydrogen) atoms. The molecule has 162 valence electrons. The average Bonchev–Trinajstić information content (AvgIpc) is 2.79. The van der Waals surface area contributed by atoms with Crippen LogP contribution in [0.1, 0.15) is 134 Å². The minimum absolute atomic E-state index is 0.650. The highest BCUT2D eigenvalue weighted by atomic mass is 14.4. The normalized spacial score (nSPS) is 20.3. The highest BCUT2D eigenvalue weighted by Crippen LogP contribution is 2.45. The van der Waals surface area contributed by atoms with Crippen molar-refractivity contribution < 1.29 is 0 Å². The molecule has 0 aromatic heterocycles. The van der Waals surface area contributed by atoms with Gasteiger partial charge in [0.25, 0.3) is 0 Å². The number of hydrogen-bond donors (Lipinski definition) is 0. The van der Waals surface area contributed by atoms with Crippen molar-refractivity contribution in [2.24, 2.45) is 5.41 Å². The Morgan fingerprint density at radius 1 is 0.897 bits per heavy atom. The molecule has 0 bridgehead atoms. The van der Waals surface area contributed by atoms with Crippen molar-refractivity contribution in [2.75, 3.05) is 0 Å². The van der Waals surface area contributed by atoms with Gasteiger partial charge in [-0.3, -0.25) is 0 Å². The predicted octanol–water partition coefficient (Wildman–Crippen LogP) is 9.53. The maximum absolute atomic E-state index is 2.58. The van der Waals surface area contributed by atoms with Crippen LogP contribution < -0.4 is 0 Å². The molecule has 0 nitrogen and oxygen atoms in total. The van der Waals surface area contributed by atoms with E-state index in [-0.39, 0.29) is 0 Å². The average molecular weight is 395 g/mol. The SMILES string of the molecule is CCCCCc1ccc(C(CCC2(CC)CCCCC2)CC2=CCCCC2)cc1. The summed E-state index contributed by atoms with van der Waals surface area (Å²) in [7, 11) is 0. The number of benzene rings is 1. The Hall–Kier alpha value is -1.04. The number of allylic oxidation sites excluding steroid dienone is 2. The summed E-state index contributed by atoms with van der Waals surface area (Å²) in [5.41, 5.74) is 5.55. The van der Waals surface area contributed by atoms with Crippen molar-refractivity contribution in [1.29, 1.82) is 0 Å². The zero-order valence-electron chi connectivity index (χ0n) is 19.5. The first-order valence-electron chi connectivity index (χ1n) is 13.0. The van der Waals surface area contributed by atoms with E-state index in [0.29, 0.717) is 5.41 Å². The van der Waals surface area contributed by atoms with Crippen LogP contribution in [0.4, 0.5) is 0 Å². The van der Waals surface area contributed by atoms with Gasteiger partial charge in [0.05, 0.1) is 0 Å². The van der Waals surface area contributed by atoms with Crippen LogP contribution >= 0.6 is 0 Å². The van der Waals surface area contributed by atoms with Crippen LogP contribution in [0.3, 0.4) is 0 Å². The molecule has 1 saturated carbocycles. The van der Waals surface area contributed by atoms with E-state index in [0.717, 1.165) is 5.92 Å². The smallest absolute Gasteiger partial charge is 0.0125 e. The van der Waals surface area contributed by atoms with Crippen LogP contribution in [0, 0.1) is 5.41 Å². The lowest BCUT2D eigenvalue weighted by Crippen LogP contribution is -2.24. The summed E-state index contributed by atoms with van der Waals surface area (Å²) in [6.07, 6.45) is 26.2. The Morgan fingerprint density at radius 3 is 2.34 bits per heavy atom.